The molecule has 10 rings (SSSR count). The molecule has 0 radical (unpaired) electrons. The van der Waals surface area contributed by atoms with Crippen molar-refractivity contribution in [2.24, 2.45) is 5.92 Å². The molecule has 0 fully saturated rings. The van der Waals surface area contributed by atoms with Gasteiger partial charge in [-0.3, -0.25) is 0 Å². The summed E-state index contributed by atoms with van der Waals surface area (Å²) in [5, 5.41) is 2.52. The monoisotopic (exact) mass is 694 g/mol. The molecule has 1 atom stereocenters. The zero-order chi connectivity index (χ0) is 36.4. The number of para-hydroxylation sites is 1. The Morgan fingerprint density at radius 1 is 0.537 bits per heavy atom. The lowest BCUT2D eigenvalue weighted by molar-refractivity contribution is 0.657. The van der Waals surface area contributed by atoms with Crippen LogP contribution >= 0.6 is 0 Å². The smallest absolute Gasteiger partial charge is 0.0541 e. The Labute approximate surface area is 318 Å². The van der Waals surface area contributed by atoms with Crippen molar-refractivity contribution in [2.75, 3.05) is 4.90 Å². The van der Waals surface area contributed by atoms with Crippen LogP contribution < -0.4 is 4.90 Å². The van der Waals surface area contributed by atoms with Gasteiger partial charge in [0.2, 0.25) is 0 Å². The van der Waals surface area contributed by atoms with Crippen LogP contribution in [0.15, 0.2) is 188 Å². The Kier molecular flexibility index (Phi) is 7.56. The highest BCUT2D eigenvalue weighted by Crippen LogP contribution is 2.50. The molecule has 7 aromatic carbocycles. The van der Waals surface area contributed by atoms with E-state index in [2.05, 4.69) is 212 Å². The molecule has 1 unspecified atom stereocenters. The maximum Gasteiger partial charge on any atom is 0.0541 e. The maximum absolute atomic E-state index is 2.48. The third-order valence-electron chi connectivity index (χ3n) is 11.8. The average Bonchev–Trinajstić information content (AvgIpc) is 3.67. The van der Waals surface area contributed by atoms with Crippen LogP contribution in [0.5, 0.6) is 0 Å². The molecule has 0 aliphatic heterocycles. The van der Waals surface area contributed by atoms with Gasteiger partial charge in [-0.05, 0) is 112 Å². The van der Waals surface area contributed by atoms with Gasteiger partial charge in [0.05, 0.1) is 11.0 Å². The summed E-state index contributed by atoms with van der Waals surface area (Å²) >= 11 is 0. The molecule has 260 valence electrons. The fourth-order valence-electron chi connectivity index (χ4n) is 8.97. The highest BCUT2D eigenvalue weighted by molar-refractivity contribution is 6.10. The third-order valence-corrected chi connectivity index (χ3v) is 11.8. The van der Waals surface area contributed by atoms with Crippen LogP contribution in [0.4, 0.5) is 11.4 Å². The first-order valence-electron chi connectivity index (χ1n) is 19.2. The average molecular weight is 695 g/mol. The van der Waals surface area contributed by atoms with Gasteiger partial charge in [0.1, 0.15) is 0 Å². The van der Waals surface area contributed by atoms with E-state index < -0.39 is 0 Å². The minimum atomic E-state index is -0.0582. The Morgan fingerprint density at radius 2 is 1.17 bits per heavy atom. The van der Waals surface area contributed by atoms with Gasteiger partial charge in [-0.1, -0.05) is 142 Å². The van der Waals surface area contributed by atoms with E-state index in [-0.39, 0.29) is 5.41 Å². The van der Waals surface area contributed by atoms with Gasteiger partial charge in [0, 0.05) is 44.9 Å². The van der Waals surface area contributed by atoms with Crippen molar-refractivity contribution in [1.29, 1.82) is 0 Å². The number of anilines is 2. The number of benzene rings is 7. The van der Waals surface area contributed by atoms with Crippen LogP contribution in [-0.2, 0) is 5.41 Å². The molecule has 0 saturated carbocycles. The van der Waals surface area contributed by atoms with Crippen molar-refractivity contribution < 1.29 is 0 Å². The van der Waals surface area contributed by atoms with Crippen molar-refractivity contribution in [3.63, 3.8) is 0 Å². The SMILES string of the molecule is CC1CC=CC=C1N(c1ccc(-c2ccc3c(c2)c2ccccc2n3-c2ccc(-c3ccccc3)cc2)cc1)c1ccc2c(c1)C(C)(C)c1ccccc1-2. The molecule has 0 spiro atoms. The van der Waals surface area contributed by atoms with E-state index in [1.165, 1.54) is 83.4 Å². The second-order valence-electron chi connectivity index (χ2n) is 15.4. The molecule has 0 saturated heterocycles. The second kappa shape index (κ2) is 12.6. The molecule has 0 amide bonds. The highest BCUT2D eigenvalue weighted by Gasteiger charge is 2.36. The Balaban J connectivity index is 1.03. The lowest BCUT2D eigenvalue weighted by atomic mass is 9.82. The van der Waals surface area contributed by atoms with Crippen molar-refractivity contribution in [3.8, 4) is 39.1 Å². The largest absolute Gasteiger partial charge is 0.314 e. The lowest BCUT2D eigenvalue weighted by Crippen LogP contribution is -2.23. The summed E-state index contributed by atoms with van der Waals surface area (Å²) in [6.07, 6.45) is 7.83. The zero-order valence-corrected chi connectivity index (χ0v) is 31.0. The zero-order valence-electron chi connectivity index (χ0n) is 31.0. The number of allylic oxidation sites excluding steroid dienone is 4. The van der Waals surface area contributed by atoms with E-state index in [4.69, 9.17) is 0 Å². The summed E-state index contributed by atoms with van der Waals surface area (Å²) in [7, 11) is 0. The third kappa shape index (κ3) is 5.16. The molecule has 1 aromatic heterocycles. The van der Waals surface area contributed by atoms with Crippen LogP contribution in [0.3, 0.4) is 0 Å². The van der Waals surface area contributed by atoms with Crippen molar-refractivity contribution in [2.45, 2.75) is 32.6 Å². The van der Waals surface area contributed by atoms with E-state index in [9.17, 15) is 0 Å². The molecule has 8 aromatic rings. The summed E-state index contributed by atoms with van der Waals surface area (Å²) in [6.45, 7) is 7.07. The van der Waals surface area contributed by atoms with Gasteiger partial charge in [0.25, 0.3) is 0 Å². The Morgan fingerprint density at radius 3 is 1.98 bits per heavy atom. The number of aromatic nitrogens is 1. The van der Waals surface area contributed by atoms with Crippen LogP contribution in [-0.4, -0.2) is 4.57 Å². The van der Waals surface area contributed by atoms with Crippen molar-refractivity contribution in [1.82, 2.24) is 4.57 Å². The number of rotatable bonds is 6. The van der Waals surface area contributed by atoms with E-state index in [1.807, 2.05) is 0 Å². The van der Waals surface area contributed by atoms with Crippen molar-refractivity contribution in [3.05, 3.63) is 199 Å². The predicted octanol–water partition coefficient (Wildman–Crippen LogP) is 14.0. The van der Waals surface area contributed by atoms with Gasteiger partial charge in [0.15, 0.2) is 0 Å². The first-order valence-corrected chi connectivity index (χ1v) is 19.2. The molecule has 0 bridgehead atoms. The summed E-state index contributed by atoms with van der Waals surface area (Å²) in [4.78, 5) is 2.48. The summed E-state index contributed by atoms with van der Waals surface area (Å²) in [5.41, 5.74) is 17.6. The summed E-state index contributed by atoms with van der Waals surface area (Å²) in [6, 6.07) is 60.4. The predicted molar refractivity (Wildman–Crippen MR) is 229 cm³/mol. The molecule has 1 heterocycles. The number of fused-ring (bicyclic) bond motifs is 6. The molecular weight excluding hydrogens is 653 g/mol. The van der Waals surface area contributed by atoms with Gasteiger partial charge in [-0.25, -0.2) is 0 Å². The molecule has 54 heavy (non-hydrogen) atoms. The van der Waals surface area contributed by atoms with Gasteiger partial charge >= 0.3 is 0 Å². The fourth-order valence-corrected chi connectivity index (χ4v) is 8.97. The Bertz CT molecular complexity index is 2760. The quantitative estimate of drug-likeness (QED) is 0.168. The van der Waals surface area contributed by atoms with Gasteiger partial charge in [-0.2, -0.15) is 0 Å². The van der Waals surface area contributed by atoms with E-state index in [0.717, 1.165) is 12.1 Å². The molecule has 2 aliphatic carbocycles. The molecule has 2 nitrogen and oxygen atoms in total. The first-order chi connectivity index (χ1) is 26.5. The molecule has 2 aliphatic rings. The van der Waals surface area contributed by atoms with Gasteiger partial charge < -0.3 is 9.47 Å². The minimum Gasteiger partial charge on any atom is -0.314 e. The summed E-state index contributed by atoms with van der Waals surface area (Å²) in [5.74, 6) is 0.405. The number of hydrogen-bond acceptors (Lipinski definition) is 1. The second-order valence-corrected chi connectivity index (χ2v) is 15.4. The fraction of sp³-hybridized carbons (Fsp3) is 0.115. The molecule has 0 N–H and O–H groups in total. The van der Waals surface area contributed by atoms with E-state index in [0.29, 0.717) is 5.92 Å². The lowest BCUT2D eigenvalue weighted by Gasteiger charge is -2.33. The van der Waals surface area contributed by atoms with Gasteiger partial charge in [-0.15, -0.1) is 0 Å². The van der Waals surface area contributed by atoms with Crippen LogP contribution in [0.2, 0.25) is 0 Å². The highest BCUT2D eigenvalue weighted by atomic mass is 15.2. The minimum absolute atomic E-state index is 0.0582. The van der Waals surface area contributed by atoms with E-state index in [1.54, 1.807) is 0 Å². The first kappa shape index (κ1) is 32.3. The normalized spacial score (nSPS) is 15.6. The maximum atomic E-state index is 2.48. The van der Waals surface area contributed by atoms with Crippen LogP contribution in [0.25, 0.3) is 60.9 Å². The number of hydrogen-bond donors (Lipinski definition) is 0. The van der Waals surface area contributed by atoms with Crippen LogP contribution in [0, 0.1) is 5.92 Å². The molecule has 2 heteroatoms. The number of nitrogens with zero attached hydrogens (tertiary/aromatic N) is 2. The standard InChI is InChI=1S/C52H42N2/c1-35-13-7-11-19-49(35)53(42-30-31-44-43-16-8-10-18-47(43)52(2,3)48(44)34-42)40-26-23-38(24-27-40)39-25-32-51-46(33-39)45-17-9-12-20-50(45)54(51)41-28-21-37(22-29-41)36-14-5-4-6-15-36/h4-12,14-35H,13H2,1-3H3. The van der Waals surface area contributed by atoms with Crippen molar-refractivity contribution >= 4 is 33.2 Å². The van der Waals surface area contributed by atoms with Crippen LogP contribution in [0.1, 0.15) is 38.3 Å². The van der Waals surface area contributed by atoms with E-state index >= 15 is 0 Å². The Hall–Kier alpha value is -6.38. The molecular formula is C52H42N2. The topological polar surface area (TPSA) is 8.17 Å². The summed E-state index contributed by atoms with van der Waals surface area (Å²) < 4.78 is 2.40.